The normalized spacial score (nSPS) is 51.8. The van der Waals surface area contributed by atoms with Gasteiger partial charge in [-0.15, -0.1) is 0 Å². The van der Waals surface area contributed by atoms with Crippen molar-refractivity contribution in [1.82, 2.24) is 0 Å². The molecule has 138 valence electrons. The maximum absolute atomic E-state index is 12.1. The molecule has 0 unspecified atom stereocenters. The SMILES string of the molecule is CC(=O)C1=CC[C@H]2[C@@H]3[C@H](O)C=C4C[C@@H](O)CC[C@]4(C)[C@@]3(O)CC[C@]12C. The molecule has 0 aliphatic heterocycles. The second-order valence-electron chi connectivity index (χ2n) is 9.29. The summed E-state index contributed by atoms with van der Waals surface area (Å²) >= 11 is 0. The molecular formula is C21H30O4. The highest BCUT2D eigenvalue weighted by Gasteiger charge is 2.66. The van der Waals surface area contributed by atoms with Crippen LogP contribution in [0.15, 0.2) is 23.3 Å². The molecule has 0 aromatic rings. The van der Waals surface area contributed by atoms with Gasteiger partial charge < -0.3 is 15.3 Å². The van der Waals surface area contributed by atoms with E-state index in [4.69, 9.17) is 0 Å². The fraction of sp³-hybridized carbons (Fsp3) is 0.762. The van der Waals surface area contributed by atoms with Gasteiger partial charge in [0.15, 0.2) is 5.78 Å². The largest absolute Gasteiger partial charge is 0.393 e. The van der Waals surface area contributed by atoms with Gasteiger partial charge >= 0.3 is 0 Å². The molecule has 7 atom stereocenters. The van der Waals surface area contributed by atoms with Gasteiger partial charge in [-0.2, -0.15) is 0 Å². The zero-order chi connectivity index (χ0) is 18.2. The quantitative estimate of drug-likeness (QED) is 0.638. The number of hydrogen-bond donors (Lipinski definition) is 3. The third kappa shape index (κ3) is 2.08. The highest BCUT2D eigenvalue weighted by molar-refractivity contribution is 5.95. The Hall–Kier alpha value is -0.970. The highest BCUT2D eigenvalue weighted by atomic mass is 16.3. The van der Waals surface area contributed by atoms with E-state index in [1.807, 2.05) is 12.2 Å². The average Bonchev–Trinajstić information content (AvgIpc) is 2.87. The molecule has 4 aliphatic rings. The van der Waals surface area contributed by atoms with Crippen LogP contribution in [0.5, 0.6) is 0 Å². The lowest BCUT2D eigenvalue weighted by Gasteiger charge is -2.63. The van der Waals surface area contributed by atoms with Crippen molar-refractivity contribution >= 4 is 5.78 Å². The second-order valence-corrected chi connectivity index (χ2v) is 9.29. The Morgan fingerprint density at radius 2 is 1.92 bits per heavy atom. The van der Waals surface area contributed by atoms with Crippen molar-refractivity contribution in [3.8, 4) is 0 Å². The van der Waals surface area contributed by atoms with Gasteiger partial charge in [-0.1, -0.05) is 31.6 Å². The van der Waals surface area contributed by atoms with E-state index in [0.29, 0.717) is 19.3 Å². The van der Waals surface area contributed by atoms with E-state index in [1.165, 1.54) is 0 Å². The van der Waals surface area contributed by atoms with Gasteiger partial charge in [0, 0.05) is 11.3 Å². The lowest BCUT2D eigenvalue weighted by molar-refractivity contribution is -0.205. The minimum atomic E-state index is -0.971. The number of aliphatic hydroxyl groups excluding tert-OH is 2. The smallest absolute Gasteiger partial charge is 0.156 e. The van der Waals surface area contributed by atoms with Gasteiger partial charge in [-0.25, -0.2) is 0 Å². The van der Waals surface area contributed by atoms with Crippen molar-refractivity contribution in [2.45, 2.75) is 77.1 Å². The topological polar surface area (TPSA) is 77.8 Å². The molecule has 25 heavy (non-hydrogen) atoms. The van der Waals surface area contributed by atoms with Crippen LogP contribution in [0.3, 0.4) is 0 Å². The fourth-order valence-electron chi connectivity index (χ4n) is 6.71. The first-order valence-corrected chi connectivity index (χ1v) is 9.65. The Morgan fingerprint density at radius 1 is 1.20 bits per heavy atom. The molecule has 4 aliphatic carbocycles. The minimum absolute atomic E-state index is 0.0848. The van der Waals surface area contributed by atoms with Crippen molar-refractivity contribution in [1.29, 1.82) is 0 Å². The molecule has 0 spiro atoms. The number of carbonyl (C=O) groups excluding carboxylic acids is 1. The van der Waals surface area contributed by atoms with Crippen molar-refractivity contribution < 1.29 is 20.1 Å². The average molecular weight is 346 g/mol. The lowest BCUT2D eigenvalue weighted by Crippen LogP contribution is -2.66. The molecule has 0 bridgehead atoms. The first-order valence-electron chi connectivity index (χ1n) is 9.65. The van der Waals surface area contributed by atoms with Gasteiger partial charge in [-0.05, 0) is 62.4 Å². The molecule has 0 heterocycles. The number of carbonyl (C=O) groups is 1. The first-order chi connectivity index (χ1) is 11.6. The zero-order valence-corrected chi connectivity index (χ0v) is 15.5. The summed E-state index contributed by atoms with van der Waals surface area (Å²) in [5, 5.41) is 32.9. The number of fused-ring (bicyclic) bond motifs is 5. The number of allylic oxidation sites excluding steroid dienone is 2. The molecule has 2 saturated carbocycles. The molecule has 4 nitrogen and oxygen atoms in total. The molecule has 4 heteroatoms. The van der Waals surface area contributed by atoms with Crippen LogP contribution in [0.4, 0.5) is 0 Å². The molecule has 0 saturated heterocycles. The summed E-state index contributed by atoms with van der Waals surface area (Å²) in [4.78, 5) is 12.1. The van der Waals surface area contributed by atoms with E-state index >= 15 is 0 Å². The van der Waals surface area contributed by atoms with Crippen LogP contribution in [0.2, 0.25) is 0 Å². The van der Waals surface area contributed by atoms with E-state index in [0.717, 1.165) is 30.4 Å². The Morgan fingerprint density at radius 3 is 2.60 bits per heavy atom. The first kappa shape index (κ1) is 17.4. The molecule has 2 fully saturated rings. The third-order valence-electron chi connectivity index (χ3n) is 8.24. The van der Waals surface area contributed by atoms with Crippen LogP contribution in [-0.2, 0) is 4.79 Å². The molecule has 3 N–H and O–H groups in total. The van der Waals surface area contributed by atoms with E-state index in [-0.39, 0.29) is 29.1 Å². The number of rotatable bonds is 1. The predicted molar refractivity (Wildman–Crippen MR) is 94.7 cm³/mol. The second kappa shape index (κ2) is 5.28. The lowest BCUT2D eigenvalue weighted by atomic mass is 9.44. The molecule has 4 rings (SSSR count). The molecule has 0 aromatic heterocycles. The third-order valence-corrected chi connectivity index (χ3v) is 8.24. The van der Waals surface area contributed by atoms with Gasteiger partial charge in [0.25, 0.3) is 0 Å². The van der Waals surface area contributed by atoms with Crippen LogP contribution < -0.4 is 0 Å². The van der Waals surface area contributed by atoms with E-state index < -0.39 is 17.1 Å². The number of aliphatic hydroxyl groups is 3. The highest BCUT2D eigenvalue weighted by Crippen LogP contribution is 2.66. The van der Waals surface area contributed by atoms with Crippen LogP contribution in [0.1, 0.15) is 59.3 Å². The molecule has 0 amide bonds. The van der Waals surface area contributed by atoms with E-state index in [2.05, 4.69) is 13.8 Å². The van der Waals surface area contributed by atoms with Crippen LogP contribution in [0.25, 0.3) is 0 Å². The summed E-state index contributed by atoms with van der Waals surface area (Å²) < 4.78 is 0. The summed E-state index contributed by atoms with van der Waals surface area (Å²) in [5.74, 6) is -0.0612. The summed E-state index contributed by atoms with van der Waals surface area (Å²) in [6, 6.07) is 0. The Kier molecular flexibility index (Phi) is 3.68. The number of hydrogen-bond acceptors (Lipinski definition) is 4. The molecular weight excluding hydrogens is 316 g/mol. The zero-order valence-electron chi connectivity index (χ0n) is 15.5. The predicted octanol–water partition coefficient (Wildman–Crippen LogP) is 2.52. The number of Topliss-reactive ketones (excluding diaryl/α,β-unsaturated/α-hetero) is 1. The fourth-order valence-corrected chi connectivity index (χ4v) is 6.71. The summed E-state index contributed by atoms with van der Waals surface area (Å²) in [7, 11) is 0. The molecule has 0 aromatic carbocycles. The van der Waals surface area contributed by atoms with E-state index in [1.54, 1.807) is 6.92 Å². The molecule has 0 radical (unpaired) electrons. The van der Waals surface area contributed by atoms with Crippen LogP contribution >= 0.6 is 0 Å². The summed E-state index contributed by atoms with van der Waals surface area (Å²) in [5.41, 5.74) is 0.279. The van der Waals surface area contributed by atoms with Crippen molar-refractivity contribution in [3.63, 3.8) is 0 Å². The minimum Gasteiger partial charge on any atom is -0.393 e. The Balaban J connectivity index is 1.79. The monoisotopic (exact) mass is 346 g/mol. The Bertz CT molecular complexity index is 679. The van der Waals surface area contributed by atoms with Crippen molar-refractivity contribution in [2.75, 3.05) is 0 Å². The van der Waals surface area contributed by atoms with E-state index in [9.17, 15) is 20.1 Å². The van der Waals surface area contributed by atoms with Crippen LogP contribution in [-0.4, -0.2) is 38.9 Å². The van der Waals surface area contributed by atoms with Gasteiger partial charge in [0.1, 0.15) is 0 Å². The van der Waals surface area contributed by atoms with Gasteiger partial charge in [-0.3, -0.25) is 4.79 Å². The van der Waals surface area contributed by atoms with Crippen LogP contribution in [0, 0.1) is 22.7 Å². The van der Waals surface area contributed by atoms with Crippen molar-refractivity contribution in [2.24, 2.45) is 22.7 Å². The summed E-state index contributed by atoms with van der Waals surface area (Å²) in [6.07, 6.45) is 6.94. The van der Waals surface area contributed by atoms with Crippen molar-refractivity contribution in [3.05, 3.63) is 23.3 Å². The number of ketones is 1. The van der Waals surface area contributed by atoms with Gasteiger partial charge in [0.05, 0.1) is 17.8 Å². The van der Waals surface area contributed by atoms with Gasteiger partial charge in [0.2, 0.25) is 0 Å². The Labute approximate surface area is 149 Å². The standard InChI is InChI=1S/C21H30O4/c1-12(22)15-4-5-16-18-17(24)11-13-10-14(23)6-7-20(13,3)21(18,25)9-8-19(15,16)2/h4,11,14,16-18,23-25H,5-10H2,1-3H3/t14-,16-,17+,18+,19+,20-,21+/m0/s1. The maximum atomic E-state index is 12.1. The maximum Gasteiger partial charge on any atom is 0.156 e. The summed E-state index contributed by atoms with van der Waals surface area (Å²) in [6.45, 7) is 5.87.